The number of benzene rings is 1. The predicted molar refractivity (Wildman–Crippen MR) is 113 cm³/mol. The number of nitrogens with one attached hydrogen (secondary N) is 2. The fraction of sp³-hybridized carbons (Fsp3) is 0.389. The Morgan fingerprint density at radius 3 is 2.86 bits per heavy atom. The molecule has 0 atom stereocenters. The molecular formula is C18H22BrN5O3S. The third-order valence-corrected chi connectivity index (χ3v) is 5.00. The summed E-state index contributed by atoms with van der Waals surface area (Å²) in [7, 11) is 0. The summed E-state index contributed by atoms with van der Waals surface area (Å²) < 4.78 is 0.784. The minimum absolute atomic E-state index is 0.00809. The van der Waals surface area contributed by atoms with Gasteiger partial charge >= 0.3 is 0 Å². The lowest BCUT2D eigenvalue weighted by molar-refractivity contribution is -0.120. The van der Waals surface area contributed by atoms with Crippen molar-refractivity contribution in [1.82, 2.24) is 15.6 Å². The molecule has 0 aliphatic rings. The van der Waals surface area contributed by atoms with Gasteiger partial charge in [-0.1, -0.05) is 53.5 Å². The molecule has 0 aliphatic heterocycles. The molecule has 0 saturated heterocycles. The quantitative estimate of drug-likeness (QED) is 0.280. The van der Waals surface area contributed by atoms with Gasteiger partial charge in [-0.2, -0.15) is 5.10 Å². The summed E-state index contributed by atoms with van der Waals surface area (Å²) in [5, 5.41) is 24.9. The number of amides is 2. The Bertz CT molecular complexity index is 840. The van der Waals surface area contributed by atoms with Gasteiger partial charge in [-0.3, -0.25) is 9.59 Å². The minimum Gasteiger partial charge on any atom is -0.507 e. The fourth-order valence-electron chi connectivity index (χ4n) is 2.25. The van der Waals surface area contributed by atoms with Crippen LogP contribution in [0.3, 0.4) is 0 Å². The monoisotopic (exact) mass is 467 g/mol. The molecule has 150 valence electrons. The second kappa shape index (κ2) is 11.5. The van der Waals surface area contributed by atoms with Crippen molar-refractivity contribution < 1.29 is 14.7 Å². The molecule has 0 fully saturated rings. The second-order valence-corrected chi connectivity index (χ2v) is 8.01. The highest BCUT2D eigenvalue weighted by Gasteiger charge is 2.11. The molecule has 2 amide bonds. The maximum Gasteiger partial charge on any atom is 0.247 e. The average Bonchev–Trinajstić information content (AvgIpc) is 3.08. The fourth-order valence-corrected chi connectivity index (χ4v) is 3.38. The van der Waals surface area contributed by atoms with Gasteiger partial charge in [0.2, 0.25) is 16.9 Å². The first-order valence-electron chi connectivity index (χ1n) is 8.90. The molecule has 28 heavy (non-hydrogen) atoms. The van der Waals surface area contributed by atoms with Crippen molar-refractivity contribution in [3.8, 4) is 5.75 Å². The lowest BCUT2D eigenvalue weighted by Crippen LogP contribution is -2.19. The number of phenolic OH excluding ortho intramolecular Hbond substituents is 1. The summed E-state index contributed by atoms with van der Waals surface area (Å²) in [5.41, 5.74) is 2.84. The summed E-state index contributed by atoms with van der Waals surface area (Å²) in [5.74, 6) is -0.415. The van der Waals surface area contributed by atoms with Crippen molar-refractivity contribution in [2.75, 3.05) is 5.32 Å². The van der Waals surface area contributed by atoms with Gasteiger partial charge < -0.3 is 10.4 Å². The lowest BCUT2D eigenvalue weighted by Gasteiger charge is -2.00. The molecule has 8 nitrogen and oxygen atoms in total. The lowest BCUT2D eigenvalue weighted by atomic mass is 10.1. The second-order valence-electron chi connectivity index (χ2n) is 6.03. The SMILES string of the molecule is CCCCCCC(=O)Nc1nnc(CC(=O)N/N=C\c2cc(Br)ccc2O)s1. The van der Waals surface area contributed by atoms with Crippen LogP contribution in [0.1, 0.15) is 49.6 Å². The van der Waals surface area contributed by atoms with E-state index in [0.29, 0.717) is 22.1 Å². The first-order chi connectivity index (χ1) is 13.5. The average molecular weight is 468 g/mol. The molecule has 2 rings (SSSR count). The van der Waals surface area contributed by atoms with Crippen LogP contribution in [0.25, 0.3) is 0 Å². The van der Waals surface area contributed by atoms with E-state index in [1.807, 2.05) is 0 Å². The molecule has 0 unspecified atom stereocenters. The zero-order valence-electron chi connectivity index (χ0n) is 15.4. The van der Waals surface area contributed by atoms with Gasteiger partial charge in [-0.05, 0) is 24.6 Å². The number of phenols is 1. The summed E-state index contributed by atoms with van der Waals surface area (Å²) in [4.78, 5) is 23.8. The normalized spacial score (nSPS) is 10.9. The van der Waals surface area contributed by atoms with Gasteiger partial charge in [-0.25, -0.2) is 5.43 Å². The van der Waals surface area contributed by atoms with Gasteiger partial charge in [0.15, 0.2) is 0 Å². The Balaban J connectivity index is 1.77. The molecule has 1 heterocycles. The molecule has 0 radical (unpaired) electrons. The van der Waals surface area contributed by atoms with Crippen LogP contribution in [0, 0.1) is 0 Å². The summed E-state index contributed by atoms with van der Waals surface area (Å²) in [6.45, 7) is 2.12. The molecule has 0 aliphatic carbocycles. The number of unbranched alkanes of at least 4 members (excludes halogenated alkanes) is 3. The highest BCUT2D eigenvalue weighted by Crippen LogP contribution is 2.20. The van der Waals surface area contributed by atoms with Gasteiger partial charge in [0.05, 0.1) is 12.6 Å². The number of nitrogens with zero attached hydrogens (tertiary/aromatic N) is 3. The highest BCUT2D eigenvalue weighted by molar-refractivity contribution is 9.10. The predicted octanol–water partition coefficient (Wildman–Crippen LogP) is 3.61. The number of rotatable bonds is 10. The minimum atomic E-state index is -0.376. The standard InChI is InChI=1S/C18H22BrN5O3S/c1-2-3-4-5-6-15(26)21-18-24-23-17(28-18)10-16(27)22-20-11-12-9-13(19)7-8-14(12)25/h7-9,11,25H,2-6,10H2,1H3,(H,22,27)(H,21,24,26)/b20-11-. The van der Waals surface area contributed by atoms with Crippen molar-refractivity contribution in [3.63, 3.8) is 0 Å². The zero-order chi connectivity index (χ0) is 20.4. The number of hydrogen-bond acceptors (Lipinski definition) is 7. The van der Waals surface area contributed by atoms with Gasteiger partial charge in [0, 0.05) is 16.5 Å². The van der Waals surface area contributed by atoms with Crippen molar-refractivity contribution in [2.45, 2.75) is 45.4 Å². The Morgan fingerprint density at radius 2 is 2.07 bits per heavy atom. The number of hydrogen-bond donors (Lipinski definition) is 3. The number of hydrazone groups is 1. The number of aromatic hydroxyl groups is 1. The molecule has 0 bridgehead atoms. The number of carbonyl (C=O) groups is 2. The summed E-state index contributed by atoms with van der Waals surface area (Å²) in [6, 6.07) is 4.89. The highest BCUT2D eigenvalue weighted by atomic mass is 79.9. The van der Waals surface area contributed by atoms with E-state index >= 15 is 0 Å². The van der Waals surface area contributed by atoms with Crippen LogP contribution in [0.15, 0.2) is 27.8 Å². The van der Waals surface area contributed by atoms with Crippen molar-refractivity contribution in [2.24, 2.45) is 5.10 Å². The summed E-state index contributed by atoms with van der Waals surface area (Å²) in [6.07, 6.45) is 5.91. The number of anilines is 1. The van der Waals surface area contributed by atoms with E-state index in [1.54, 1.807) is 12.1 Å². The molecule has 3 N–H and O–H groups in total. The van der Waals surface area contributed by atoms with Crippen LogP contribution < -0.4 is 10.7 Å². The van der Waals surface area contributed by atoms with E-state index in [9.17, 15) is 14.7 Å². The summed E-state index contributed by atoms with van der Waals surface area (Å²) >= 11 is 4.45. The van der Waals surface area contributed by atoms with Crippen LogP contribution in [0.4, 0.5) is 5.13 Å². The van der Waals surface area contributed by atoms with Crippen LogP contribution >= 0.6 is 27.3 Å². The molecule has 10 heteroatoms. The number of halogens is 1. The molecule has 1 aromatic carbocycles. The molecule has 0 saturated carbocycles. The first kappa shape index (κ1) is 22.0. The van der Waals surface area contributed by atoms with Crippen LogP contribution in [0.5, 0.6) is 5.75 Å². The largest absolute Gasteiger partial charge is 0.507 e. The van der Waals surface area contributed by atoms with E-state index < -0.39 is 0 Å². The molecular weight excluding hydrogens is 446 g/mol. The number of aromatic nitrogens is 2. The van der Waals surface area contributed by atoms with Crippen LogP contribution in [-0.4, -0.2) is 33.3 Å². The van der Waals surface area contributed by atoms with E-state index in [4.69, 9.17) is 0 Å². The van der Waals surface area contributed by atoms with E-state index in [-0.39, 0.29) is 24.0 Å². The smallest absolute Gasteiger partial charge is 0.247 e. The van der Waals surface area contributed by atoms with Crippen molar-refractivity contribution in [1.29, 1.82) is 0 Å². The molecule has 2 aromatic rings. The Labute approximate surface area is 175 Å². The van der Waals surface area contributed by atoms with E-state index in [0.717, 1.165) is 41.5 Å². The third-order valence-electron chi connectivity index (χ3n) is 3.66. The van der Waals surface area contributed by atoms with E-state index in [2.05, 4.69) is 48.9 Å². The maximum absolute atomic E-state index is 11.9. The zero-order valence-corrected chi connectivity index (χ0v) is 17.8. The maximum atomic E-state index is 11.9. The number of carbonyl (C=O) groups excluding carboxylic acids is 2. The van der Waals surface area contributed by atoms with Gasteiger partial charge in [-0.15, -0.1) is 10.2 Å². The molecule has 0 spiro atoms. The van der Waals surface area contributed by atoms with E-state index in [1.165, 1.54) is 12.3 Å². The Morgan fingerprint density at radius 1 is 1.25 bits per heavy atom. The topological polar surface area (TPSA) is 117 Å². The Kier molecular flexibility index (Phi) is 9.02. The van der Waals surface area contributed by atoms with Crippen LogP contribution in [0.2, 0.25) is 0 Å². The van der Waals surface area contributed by atoms with Crippen LogP contribution in [-0.2, 0) is 16.0 Å². The van der Waals surface area contributed by atoms with Gasteiger partial charge in [0.1, 0.15) is 10.8 Å². The first-order valence-corrected chi connectivity index (χ1v) is 10.5. The van der Waals surface area contributed by atoms with Crippen molar-refractivity contribution in [3.05, 3.63) is 33.2 Å². The van der Waals surface area contributed by atoms with Crippen molar-refractivity contribution >= 4 is 50.4 Å². The Hall–Kier alpha value is -2.33. The van der Waals surface area contributed by atoms with Gasteiger partial charge in [0.25, 0.3) is 0 Å². The molecule has 1 aromatic heterocycles. The third kappa shape index (κ3) is 7.73.